The quantitative estimate of drug-likeness (QED) is 0.508. The number of hydrogen-bond donors (Lipinski definition) is 0. The molecule has 0 N–H and O–H groups in total. The highest BCUT2D eigenvalue weighted by Crippen LogP contribution is 2.31. The highest BCUT2D eigenvalue weighted by atomic mass is 32.2. The Hall–Kier alpha value is -2.60. The van der Waals surface area contributed by atoms with Crippen molar-refractivity contribution in [2.45, 2.75) is 31.1 Å². The lowest BCUT2D eigenvalue weighted by atomic mass is 9.98. The highest BCUT2D eigenvalue weighted by molar-refractivity contribution is 7.87. The summed E-state index contributed by atoms with van der Waals surface area (Å²) in [6, 6.07) is 14.1. The Morgan fingerprint density at radius 1 is 1.08 bits per heavy atom. The van der Waals surface area contributed by atoms with E-state index in [-0.39, 0.29) is 10.8 Å². The van der Waals surface area contributed by atoms with Crippen LogP contribution >= 0.6 is 0 Å². The van der Waals surface area contributed by atoms with Gasteiger partial charge >= 0.3 is 15.7 Å². The molecule has 1 atom stereocenters. The van der Waals surface area contributed by atoms with Crippen LogP contribution in [0.2, 0.25) is 0 Å². The van der Waals surface area contributed by atoms with E-state index in [1.807, 2.05) is 26.0 Å². The summed E-state index contributed by atoms with van der Waals surface area (Å²) in [6.45, 7) is 4.06. The molecule has 3 rings (SSSR count). The van der Waals surface area contributed by atoms with E-state index in [9.17, 15) is 13.2 Å². The third kappa shape index (κ3) is 3.58. The lowest BCUT2D eigenvalue weighted by molar-refractivity contribution is 0.479. The molecular weight excluding hydrogens is 340 g/mol. The molecule has 0 amide bonds. The lowest BCUT2D eigenvalue weighted by Gasteiger charge is -2.15. The highest BCUT2D eigenvalue weighted by Gasteiger charge is 2.20. The van der Waals surface area contributed by atoms with Crippen molar-refractivity contribution < 1.29 is 17.0 Å². The molecule has 0 aliphatic rings. The van der Waals surface area contributed by atoms with Crippen LogP contribution in [0, 0.1) is 0 Å². The van der Waals surface area contributed by atoms with Gasteiger partial charge in [-0.3, -0.25) is 0 Å². The summed E-state index contributed by atoms with van der Waals surface area (Å²) < 4.78 is 35.7. The minimum Gasteiger partial charge on any atom is -0.423 e. The van der Waals surface area contributed by atoms with Crippen LogP contribution < -0.4 is 9.81 Å². The number of fused-ring (bicyclic) bond motifs is 1. The second-order valence-electron chi connectivity index (χ2n) is 5.84. The van der Waals surface area contributed by atoms with E-state index in [2.05, 4.69) is 0 Å². The molecule has 25 heavy (non-hydrogen) atoms. The summed E-state index contributed by atoms with van der Waals surface area (Å²) >= 11 is 0. The molecule has 1 aromatic heterocycles. The van der Waals surface area contributed by atoms with Crippen molar-refractivity contribution in [3.05, 3.63) is 70.6 Å². The average Bonchev–Trinajstić information content (AvgIpc) is 2.60. The van der Waals surface area contributed by atoms with Gasteiger partial charge in [0.25, 0.3) is 0 Å². The fraction of sp³-hybridized carbons (Fsp3) is 0.211. The molecule has 1 heterocycles. The topological polar surface area (TPSA) is 73.6 Å². The second kappa shape index (κ2) is 6.72. The Balaban J connectivity index is 2.00. The Morgan fingerprint density at radius 2 is 1.84 bits per heavy atom. The minimum atomic E-state index is -4.00. The van der Waals surface area contributed by atoms with Gasteiger partial charge in [0.1, 0.15) is 16.2 Å². The van der Waals surface area contributed by atoms with E-state index in [1.54, 1.807) is 12.1 Å². The van der Waals surface area contributed by atoms with Crippen molar-refractivity contribution in [2.24, 2.45) is 0 Å². The molecule has 130 valence electrons. The first-order valence-corrected chi connectivity index (χ1v) is 9.39. The molecule has 0 aliphatic heterocycles. The van der Waals surface area contributed by atoms with E-state index in [0.717, 1.165) is 12.0 Å². The first kappa shape index (κ1) is 17.2. The SMILES string of the molecule is CC[C@@H](C)c1ccccc1OS(=O)(=O)c1ccc2oc(=O)ccc2c1. The van der Waals surface area contributed by atoms with Gasteiger partial charge in [0, 0.05) is 11.5 Å². The largest absolute Gasteiger partial charge is 0.423 e. The van der Waals surface area contributed by atoms with Crippen LogP contribution in [0.15, 0.2) is 68.7 Å². The Labute approximate surface area is 146 Å². The summed E-state index contributed by atoms with van der Waals surface area (Å²) in [5, 5.41) is 0.513. The van der Waals surface area contributed by atoms with E-state index in [0.29, 0.717) is 16.7 Å². The molecular formula is C19H18O5S. The number of rotatable bonds is 5. The van der Waals surface area contributed by atoms with E-state index in [4.69, 9.17) is 8.60 Å². The van der Waals surface area contributed by atoms with Crippen LogP contribution in [0.4, 0.5) is 0 Å². The van der Waals surface area contributed by atoms with Crippen molar-refractivity contribution in [1.29, 1.82) is 0 Å². The first-order valence-electron chi connectivity index (χ1n) is 7.98. The molecule has 2 aromatic carbocycles. The zero-order valence-corrected chi connectivity index (χ0v) is 14.7. The van der Waals surface area contributed by atoms with Crippen molar-refractivity contribution in [3.8, 4) is 5.75 Å². The zero-order valence-electron chi connectivity index (χ0n) is 13.9. The molecule has 0 fully saturated rings. The zero-order chi connectivity index (χ0) is 18.0. The molecule has 0 spiro atoms. The van der Waals surface area contributed by atoms with E-state index < -0.39 is 15.7 Å². The smallest absolute Gasteiger partial charge is 0.339 e. The molecule has 6 heteroatoms. The van der Waals surface area contributed by atoms with Gasteiger partial charge in [0.2, 0.25) is 0 Å². The molecule has 3 aromatic rings. The predicted molar refractivity (Wildman–Crippen MR) is 95.4 cm³/mol. The molecule has 0 aliphatic carbocycles. The van der Waals surface area contributed by atoms with Gasteiger partial charge in [-0.05, 0) is 48.2 Å². The third-order valence-corrected chi connectivity index (χ3v) is 5.37. The fourth-order valence-corrected chi connectivity index (χ4v) is 3.55. The summed E-state index contributed by atoms with van der Waals surface area (Å²) in [5.74, 6) is 0.508. The normalized spacial score (nSPS) is 12.9. The average molecular weight is 358 g/mol. The van der Waals surface area contributed by atoms with E-state index >= 15 is 0 Å². The Bertz CT molecular complexity index is 1070. The molecule has 0 radical (unpaired) electrons. The van der Waals surface area contributed by atoms with Gasteiger partial charge in [0.15, 0.2) is 0 Å². The van der Waals surface area contributed by atoms with Crippen LogP contribution in [0.5, 0.6) is 5.75 Å². The van der Waals surface area contributed by atoms with Crippen LogP contribution in [-0.4, -0.2) is 8.42 Å². The van der Waals surface area contributed by atoms with Crippen LogP contribution in [0.3, 0.4) is 0 Å². The minimum absolute atomic E-state index is 0.00723. The molecule has 0 bridgehead atoms. The fourth-order valence-electron chi connectivity index (χ4n) is 2.56. The van der Waals surface area contributed by atoms with Crippen molar-refractivity contribution in [3.63, 3.8) is 0 Å². The van der Waals surface area contributed by atoms with Crippen molar-refractivity contribution in [1.82, 2.24) is 0 Å². The van der Waals surface area contributed by atoms with E-state index in [1.165, 1.54) is 30.3 Å². The third-order valence-electron chi connectivity index (χ3n) is 4.14. The maximum Gasteiger partial charge on any atom is 0.339 e. The van der Waals surface area contributed by atoms with Gasteiger partial charge in [-0.25, -0.2) is 4.79 Å². The lowest BCUT2D eigenvalue weighted by Crippen LogP contribution is -2.11. The molecule has 0 saturated heterocycles. The number of para-hydroxylation sites is 1. The first-order chi connectivity index (χ1) is 11.9. The maximum atomic E-state index is 12.7. The number of hydrogen-bond acceptors (Lipinski definition) is 5. The van der Waals surface area contributed by atoms with Crippen LogP contribution in [0.25, 0.3) is 11.0 Å². The van der Waals surface area contributed by atoms with Gasteiger partial charge < -0.3 is 8.60 Å². The monoisotopic (exact) mass is 358 g/mol. The van der Waals surface area contributed by atoms with Crippen molar-refractivity contribution in [2.75, 3.05) is 0 Å². The van der Waals surface area contributed by atoms with Crippen LogP contribution in [-0.2, 0) is 10.1 Å². The number of benzene rings is 2. The molecule has 0 saturated carbocycles. The summed E-state index contributed by atoms with van der Waals surface area (Å²) in [5.41, 5.74) is 0.689. The predicted octanol–water partition coefficient (Wildman–Crippen LogP) is 4.07. The van der Waals surface area contributed by atoms with Crippen molar-refractivity contribution >= 4 is 21.1 Å². The van der Waals surface area contributed by atoms with Gasteiger partial charge in [0.05, 0.1) is 0 Å². The van der Waals surface area contributed by atoms with Gasteiger partial charge in [-0.15, -0.1) is 0 Å². The van der Waals surface area contributed by atoms with Gasteiger partial charge in [-0.1, -0.05) is 32.0 Å². The standard InChI is InChI=1S/C19H18O5S/c1-3-13(2)16-6-4-5-7-18(16)24-25(21,22)15-9-10-17-14(12-15)8-11-19(20)23-17/h4-13H,3H2,1-2H3/t13-/m1/s1. The van der Waals surface area contributed by atoms with Gasteiger partial charge in [-0.2, -0.15) is 8.42 Å². The Morgan fingerprint density at radius 3 is 2.60 bits per heavy atom. The molecule has 0 unspecified atom stereocenters. The maximum absolute atomic E-state index is 12.7. The van der Waals surface area contributed by atoms with Crippen LogP contribution in [0.1, 0.15) is 31.7 Å². The second-order valence-corrected chi connectivity index (χ2v) is 7.38. The summed E-state index contributed by atoms with van der Waals surface area (Å²) in [6.07, 6.45) is 0.870. The summed E-state index contributed by atoms with van der Waals surface area (Å²) in [4.78, 5) is 11.2. The summed E-state index contributed by atoms with van der Waals surface area (Å²) in [7, 11) is -4.00. The molecule has 5 nitrogen and oxygen atoms in total. The Kier molecular flexibility index (Phi) is 4.63.